The second kappa shape index (κ2) is 5.71. The molecule has 0 spiro atoms. The van der Waals surface area contributed by atoms with Crippen molar-refractivity contribution in [1.82, 2.24) is 4.98 Å². The molecule has 0 atom stereocenters. The van der Waals surface area contributed by atoms with Crippen LogP contribution in [0.15, 0.2) is 36.5 Å². The van der Waals surface area contributed by atoms with Crippen molar-refractivity contribution < 1.29 is 14.7 Å². The predicted molar refractivity (Wildman–Crippen MR) is 75.3 cm³/mol. The number of carboxylic acid groups (broad SMARTS) is 1. The van der Waals surface area contributed by atoms with Crippen LogP contribution in [0.3, 0.4) is 0 Å². The molecule has 0 unspecified atom stereocenters. The van der Waals surface area contributed by atoms with Crippen molar-refractivity contribution in [1.29, 1.82) is 0 Å². The number of hydrogen-bond acceptors (Lipinski definition) is 3. The molecule has 2 aromatic rings. The minimum absolute atomic E-state index is 0.180. The van der Waals surface area contributed by atoms with Crippen LogP contribution in [0.2, 0.25) is 5.02 Å². The number of hydrogen-bond donors (Lipinski definition) is 2. The number of carbonyl (C=O) groups is 2. The van der Waals surface area contributed by atoms with Crippen LogP contribution in [0, 0.1) is 6.92 Å². The van der Waals surface area contributed by atoms with Crippen LogP contribution >= 0.6 is 11.6 Å². The Bertz CT molecular complexity index is 686. The van der Waals surface area contributed by atoms with Gasteiger partial charge in [0.15, 0.2) is 0 Å². The monoisotopic (exact) mass is 290 g/mol. The molecule has 0 saturated heterocycles. The van der Waals surface area contributed by atoms with Gasteiger partial charge < -0.3 is 10.4 Å². The van der Waals surface area contributed by atoms with E-state index in [1.165, 1.54) is 18.3 Å². The standard InChI is InChI=1S/C14H11ClN2O3/c1-8-10(15)3-2-4-11(8)17-13(18)9-5-6-16-12(7-9)14(19)20/h2-7H,1H3,(H,17,18)(H,19,20). The fourth-order valence-corrected chi connectivity index (χ4v) is 1.80. The minimum Gasteiger partial charge on any atom is -0.477 e. The molecule has 0 aliphatic carbocycles. The number of benzene rings is 1. The Labute approximate surface area is 120 Å². The summed E-state index contributed by atoms with van der Waals surface area (Å²) in [5.41, 5.74) is 1.36. The molecule has 0 aliphatic rings. The van der Waals surface area contributed by atoms with E-state index in [4.69, 9.17) is 16.7 Å². The van der Waals surface area contributed by atoms with Gasteiger partial charge >= 0.3 is 5.97 Å². The van der Waals surface area contributed by atoms with Crippen molar-refractivity contribution in [3.05, 3.63) is 58.4 Å². The summed E-state index contributed by atoms with van der Waals surface area (Å²) in [4.78, 5) is 26.6. The molecule has 0 fully saturated rings. The summed E-state index contributed by atoms with van der Waals surface area (Å²) < 4.78 is 0. The highest BCUT2D eigenvalue weighted by Gasteiger charge is 2.12. The van der Waals surface area contributed by atoms with Gasteiger partial charge in [0, 0.05) is 22.5 Å². The van der Waals surface area contributed by atoms with Crippen LogP contribution < -0.4 is 5.32 Å². The number of halogens is 1. The lowest BCUT2D eigenvalue weighted by molar-refractivity contribution is 0.0690. The fourth-order valence-electron chi connectivity index (χ4n) is 1.63. The van der Waals surface area contributed by atoms with Gasteiger partial charge in [-0.2, -0.15) is 0 Å². The average molecular weight is 291 g/mol. The summed E-state index contributed by atoms with van der Waals surface area (Å²) in [6.07, 6.45) is 1.28. The number of aromatic nitrogens is 1. The third-order valence-electron chi connectivity index (χ3n) is 2.76. The molecule has 1 aromatic carbocycles. The molecular formula is C14H11ClN2O3. The van der Waals surface area contributed by atoms with E-state index < -0.39 is 11.9 Å². The van der Waals surface area contributed by atoms with Crippen molar-refractivity contribution >= 4 is 29.2 Å². The maximum atomic E-state index is 12.1. The number of anilines is 1. The van der Waals surface area contributed by atoms with Gasteiger partial charge in [0.2, 0.25) is 0 Å². The lowest BCUT2D eigenvalue weighted by Gasteiger charge is -2.09. The Balaban J connectivity index is 2.26. The van der Waals surface area contributed by atoms with Gasteiger partial charge in [-0.05, 0) is 36.8 Å². The molecule has 0 bridgehead atoms. The molecule has 2 rings (SSSR count). The summed E-state index contributed by atoms with van der Waals surface area (Å²) in [5.74, 6) is -1.60. The summed E-state index contributed by atoms with van der Waals surface area (Å²) in [7, 11) is 0. The van der Waals surface area contributed by atoms with Crippen LogP contribution in [-0.4, -0.2) is 22.0 Å². The molecule has 0 saturated carbocycles. The summed E-state index contributed by atoms with van der Waals surface area (Å²) in [6.45, 7) is 1.78. The van der Waals surface area contributed by atoms with Crippen LogP contribution in [-0.2, 0) is 0 Å². The highest BCUT2D eigenvalue weighted by Crippen LogP contribution is 2.23. The van der Waals surface area contributed by atoms with Crippen LogP contribution in [0.25, 0.3) is 0 Å². The number of rotatable bonds is 3. The molecule has 6 heteroatoms. The normalized spacial score (nSPS) is 10.1. The van der Waals surface area contributed by atoms with Gasteiger partial charge in [0.05, 0.1) is 0 Å². The molecule has 1 heterocycles. The minimum atomic E-state index is -1.18. The van der Waals surface area contributed by atoms with E-state index in [0.717, 1.165) is 5.56 Å². The Morgan fingerprint density at radius 2 is 2.05 bits per heavy atom. The average Bonchev–Trinajstić information content (AvgIpc) is 2.44. The van der Waals surface area contributed by atoms with Crippen LogP contribution in [0.4, 0.5) is 5.69 Å². The molecule has 1 aromatic heterocycles. The maximum Gasteiger partial charge on any atom is 0.354 e. The molecule has 1 amide bonds. The third kappa shape index (κ3) is 2.95. The molecule has 5 nitrogen and oxygen atoms in total. The number of aromatic carboxylic acids is 1. The van der Waals surface area contributed by atoms with Crippen LogP contribution in [0.5, 0.6) is 0 Å². The molecule has 20 heavy (non-hydrogen) atoms. The summed E-state index contributed by atoms with van der Waals surface area (Å²) >= 11 is 5.97. The second-order valence-electron chi connectivity index (χ2n) is 4.10. The highest BCUT2D eigenvalue weighted by molar-refractivity contribution is 6.31. The van der Waals surface area contributed by atoms with E-state index in [1.54, 1.807) is 25.1 Å². The Hall–Kier alpha value is -2.40. The van der Waals surface area contributed by atoms with E-state index in [-0.39, 0.29) is 11.3 Å². The number of nitrogens with zero attached hydrogens (tertiary/aromatic N) is 1. The molecular weight excluding hydrogens is 280 g/mol. The zero-order valence-corrected chi connectivity index (χ0v) is 11.3. The van der Waals surface area contributed by atoms with Gasteiger partial charge in [-0.15, -0.1) is 0 Å². The number of carbonyl (C=O) groups excluding carboxylic acids is 1. The molecule has 2 N–H and O–H groups in total. The number of amides is 1. The molecule has 0 radical (unpaired) electrons. The summed E-state index contributed by atoms with van der Waals surface area (Å²) in [6, 6.07) is 7.83. The highest BCUT2D eigenvalue weighted by atomic mass is 35.5. The van der Waals surface area contributed by atoms with Crippen molar-refractivity contribution in [2.45, 2.75) is 6.92 Å². The van der Waals surface area contributed by atoms with E-state index >= 15 is 0 Å². The largest absolute Gasteiger partial charge is 0.477 e. The van der Waals surface area contributed by atoms with Crippen molar-refractivity contribution in [2.75, 3.05) is 5.32 Å². The molecule has 102 valence electrons. The summed E-state index contributed by atoms with van der Waals surface area (Å²) in [5, 5.41) is 12.1. The Morgan fingerprint density at radius 3 is 2.75 bits per heavy atom. The topological polar surface area (TPSA) is 79.3 Å². The first kappa shape index (κ1) is 14.0. The predicted octanol–water partition coefficient (Wildman–Crippen LogP) is 2.99. The van der Waals surface area contributed by atoms with Crippen molar-refractivity contribution in [3.63, 3.8) is 0 Å². The molecule has 0 aliphatic heterocycles. The van der Waals surface area contributed by atoms with Gasteiger partial charge in [-0.25, -0.2) is 9.78 Å². The maximum absolute atomic E-state index is 12.1. The van der Waals surface area contributed by atoms with Gasteiger partial charge in [-0.1, -0.05) is 17.7 Å². The van der Waals surface area contributed by atoms with Gasteiger partial charge in [0.1, 0.15) is 5.69 Å². The van der Waals surface area contributed by atoms with Gasteiger partial charge in [0.25, 0.3) is 5.91 Å². The SMILES string of the molecule is Cc1c(Cl)cccc1NC(=O)c1ccnc(C(=O)O)c1. The second-order valence-corrected chi connectivity index (χ2v) is 4.51. The number of nitrogens with one attached hydrogen (secondary N) is 1. The first-order chi connectivity index (χ1) is 9.49. The quantitative estimate of drug-likeness (QED) is 0.911. The number of carboxylic acids is 1. The first-order valence-corrected chi connectivity index (χ1v) is 6.12. The van der Waals surface area contributed by atoms with E-state index in [0.29, 0.717) is 10.7 Å². The van der Waals surface area contributed by atoms with E-state index in [2.05, 4.69) is 10.3 Å². The fraction of sp³-hybridized carbons (Fsp3) is 0.0714. The third-order valence-corrected chi connectivity index (χ3v) is 3.17. The zero-order valence-electron chi connectivity index (χ0n) is 10.6. The Morgan fingerprint density at radius 1 is 1.30 bits per heavy atom. The smallest absolute Gasteiger partial charge is 0.354 e. The zero-order chi connectivity index (χ0) is 14.7. The first-order valence-electron chi connectivity index (χ1n) is 5.75. The van der Waals surface area contributed by atoms with Crippen molar-refractivity contribution in [2.24, 2.45) is 0 Å². The van der Waals surface area contributed by atoms with Crippen LogP contribution in [0.1, 0.15) is 26.4 Å². The lowest BCUT2D eigenvalue weighted by Crippen LogP contribution is -2.14. The Kier molecular flexibility index (Phi) is 4.00. The van der Waals surface area contributed by atoms with E-state index in [9.17, 15) is 9.59 Å². The lowest BCUT2D eigenvalue weighted by atomic mass is 10.1. The van der Waals surface area contributed by atoms with Crippen molar-refractivity contribution in [3.8, 4) is 0 Å². The van der Waals surface area contributed by atoms with Gasteiger partial charge in [-0.3, -0.25) is 4.79 Å². The number of pyridine rings is 1. The van der Waals surface area contributed by atoms with E-state index in [1.807, 2.05) is 0 Å².